The number of carbonyl (C=O) groups excluding carboxylic acids is 1. The minimum absolute atomic E-state index is 0.135. The van der Waals surface area contributed by atoms with Crippen LogP contribution in [0.15, 0.2) is 36.5 Å². The first-order valence-corrected chi connectivity index (χ1v) is 5.61. The van der Waals surface area contributed by atoms with Crippen molar-refractivity contribution in [2.45, 2.75) is 40.0 Å². The van der Waals surface area contributed by atoms with Crippen LogP contribution in [0.3, 0.4) is 0 Å². The van der Waals surface area contributed by atoms with Gasteiger partial charge in [0.05, 0.1) is 0 Å². The van der Waals surface area contributed by atoms with E-state index < -0.39 is 0 Å². The molecule has 0 aliphatic carbocycles. The van der Waals surface area contributed by atoms with E-state index >= 15 is 0 Å². The van der Waals surface area contributed by atoms with Crippen LogP contribution in [0.25, 0.3) is 0 Å². The van der Waals surface area contributed by atoms with Crippen LogP contribution >= 0.6 is 0 Å². The Morgan fingerprint density at radius 3 is 2.60 bits per heavy atom. The van der Waals surface area contributed by atoms with Gasteiger partial charge in [-0.3, -0.25) is 4.79 Å². The molecule has 0 aromatic heterocycles. The first-order valence-electron chi connectivity index (χ1n) is 5.61. The second-order valence-corrected chi connectivity index (χ2v) is 3.89. The maximum Gasteiger partial charge on any atom is 0.152 e. The van der Waals surface area contributed by atoms with Crippen LogP contribution in [-0.4, -0.2) is 5.78 Å². The molecule has 0 fully saturated rings. The summed E-state index contributed by atoms with van der Waals surface area (Å²) in [6.45, 7) is 5.83. The fraction of sp³-hybridized carbons (Fsp3) is 0.500. The van der Waals surface area contributed by atoms with Gasteiger partial charge in [0.15, 0.2) is 5.78 Å². The van der Waals surface area contributed by atoms with Crippen molar-refractivity contribution in [2.24, 2.45) is 5.92 Å². The molecule has 0 amide bonds. The van der Waals surface area contributed by atoms with Gasteiger partial charge in [-0.15, -0.1) is 0 Å². The Hall–Kier alpha value is -1.11. The van der Waals surface area contributed by atoms with Crippen LogP contribution in [0, 0.1) is 5.92 Å². The van der Waals surface area contributed by atoms with Gasteiger partial charge in [0.1, 0.15) is 0 Å². The van der Waals surface area contributed by atoms with Gasteiger partial charge in [-0.1, -0.05) is 37.3 Å². The highest BCUT2D eigenvalue weighted by Crippen LogP contribution is 2.11. The molecule has 15 heavy (non-hydrogen) atoms. The van der Waals surface area contributed by atoms with E-state index in [-0.39, 0.29) is 5.78 Å². The van der Waals surface area contributed by atoms with Crippen LogP contribution in [0.5, 0.6) is 0 Å². The summed E-state index contributed by atoms with van der Waals surface area (Å²) < 4.78 is 0. The van der Waals surface area contributed by atoms with Gasteiger partial charge in [-0.05, 0) is 45.1 Å². The lowest BCUT2D eigenvalue weighted by Crippen LogP contribution is -1.91. The molecule has 1 nitrogen and oxygen atoms in total. The molecular weight excluding hydrogens is 184 g/mol. The lowest BCUT2D eigenvalue weighted by Gasteiger charge is -2.05. The van der Waals surface area contributed by atoms with E-state index in [0.29, 0.717) is 5.92 Å². The number of ketones is 1. The van der Waals surface area contributed by atoms with Crippen molar-refractivity contribution in [2.75, 3.05) is 0 Å². The predicted molar refractivity (Wildman–Crippen MR) is 66.8 cm³/mol. The Kier molecular flexibility index (Phi) is 8.75. The Balaban J connectivity index is 3.57. The van der Waals surface area contributed by atoms with Crippen LogP contribution in [0.1, 0.15) is 40.0 Å². The standard InChI is InChI=1S/C14H22O/c1-4-5-6-7-10-13(2)11-8-9-12-14(3)15/h4-7,9,12-13H,8,10-11H2,1-3H3/b5-4+,7-6+,12-9+/t13-/m1/s1. The van der Waals surface area contributed by atoms with Gasteiger partial charge in [0.25, 0.3) is 0 Å². The molecule has 0 rings (SSSR count). The largest absolute Gasteiger partial charge is 0.295 e. The molecule has 0 heterocycles. The lowest BCUT2D eigenvalue weighted by molar-refractivity contribution is -0.112. The van der Waals surface area contributed by atoms with Crippen molar-refractivity contribution in [1.82, 2.24) is 0 Å². The molecule has 0 bridgehead atoms. The third-order valence-electron chi connectivity index (χ3n) is 2.16. The quantitative estimate of drug-likeness (QED) is 0.453. The van der Waals surface area contributed by atoms with E-state index in [9.17, 15) is 4.79 Å². The Morgan fingerprint density at radius 1 is 1.27 bits per heavy atom. The number of hydrogen-bond acceptors (Lipinski definition) is 1. The summed E-state index contributed by atoms with van der Waals surface area (Å²) in [6, 6.07) is 0. The summed E-state index contributed by atoms with van der Waals surface area (Å²) in [5.41, 5.74) is 0. The maximum atomic E-state index is 10.6. The number of rotatable bonds is 7. The van der Waals surface area contributed by atoms with Crippen LogP contribution in [0.2, 0.25) is 0 Å². The second kappa shape index (κ2) is 9.45. The molecule has 0 aliphatic rings. The fourth-order valence-corrected chi connectivity index (χ4v) is 1.25. The van der Waals surface area contributed by atoms with Gasteiger partial charge in [-0.2, -0.15) is 0 Å². The Labute approximate surface area is 93.6 Å². The summed E-state index contributed by atoms with van der Waals surface area (Å²) in [5, 5.41) is 0. The van der Waals surface area contributed by atoms with Gasteiger partial charge in [0.2, 0.25) is 0 Å². The molecule has 0 N–H and O–H groups in total. The van der Waals surface area contributed by atoms with Crippen LogP contribution < -0.4 is 0 Å². The van der Waals surface area contributed by atoms with E-state index in [2.05, 4.69) is 19.1 Å². The summed E-state index contributed by atoms with van der Waals surface area (Å²) in [4.78, 5) is 10.6. The van der Waals surface area contributed by atoms with Crippen molar-refractivity contribution in [3.05, 3.63) is 36.5 Å². The van der Waals surface area contributed by atoms with E-state index in [4.69, 9.17) is 0 Å². The zero-order valence-corrected chi connectivity index (χ0v) is 10.1. The minimum atomic E-state index is 0.135. The number of hydrogen-bond donors (Lipinski definition) is 0. The van der Waals surface area contributed by atoms with Crippen molar-refractivity contribution in [3.8, 4) is 0 Å². The molecule has 0 aromatic rings. The SMILES string of the molecule is C/C=C/C=C/C[C@@H](C)CC/C=C/C(C)=O. The normalized spacial score (nSPS) is 14.3. The number of allylic oxidation sites excluding steroid dienone is 6. The van der Waals surface area contributed by atoms with E-state index in [1.807, 2.05) is 25.2 Å². The third kappa shape index (κ3) is 10.8. The molecule has 1 heteroatoms. The average Bonchev–Trinajstić information content (AvgIpc) is 2.19. The average molecular weight is 206 g/mol. The fourth-order valence-electron chi connectivity index (χ4n) is 1.25. The monoisotopic (exact) mass is 206 g/mol. The highest BCUT2D eigenvalue weighted by Gasteiger charge is 1.96. The third-order valence-corrected chi connectivity index (χ3v) is 2.16. The van der Waals surface area contributed by atoms with Gasteiger partial charge in [0, 0.05) is 0 Å². The Morgan fingerprint density at radius 2 is 2.00 bits per heavy atom. The van der Waals surface area contributed by atoms with E-state index in [1.54, 1.807) is 13.0 Å². The topological polar surface area (TPSA) is 17.1 Å². The molecule has 0 aliphatic heterocycles. The van der Waals surface area contributed by atoms with Crippen molar-refractivity contribution < 1.29 is 4.79 Å². The second-order valence-electron chi connectivity index (χ2n) is 3.89. The lowest BCUT2D eigenvalue weighted by atomic mass is 10.0. The summed E-state index contributed by atoms with van der Waals surface area (Å²) in [6.07, 6.45) is 15.2. The molecule has 84 valence electrons. The van der Waals surface area contributed by atoms with Gasteiger partial charge >= 0.3 is 0 Å². The van der Waals surface area contributed by atoms with Crippen molar-refractivity contribution in [1.29, 1.82) is 0 Å². The zero-order valence-electron chi connectivity index (χ0n) is 10.1. The number of carbonyl (C=O) groups is 1. The van der Waals surface area contributed by atoms with Gasteiger partial charge in [-0.25, -0.2) is 0 Å². The molecule has 0 radical (unpaired) electrons. The van der Waals surface area contributed by atoms with Crippen molar-refractivity contribution in [3.63, 3.8) is 0 Å². The summed E-state index contributed by atoms with van der Waals surface area (Å²) in [7, 11) is 0. The van der Waals surface area contributed by atoms with Gasteiger partial charge < -0.3 is 0 Å². The Bertz CT molecular complexity index is 246. The highest BCUT2D eigenvalue weighted by molar-refractivity contribution is 5.87. The van der Waals surface area contributed by atoms with E-state index in [1.165, 1.54) is 0 Å². The first kappa shape index (κ1) is 13.9. The van der Waals surface area contributed by atoms with Crippen molar-refractivity contribution >= 4 is 5.78 Å². The summed E-state index contributed by atoms with van der Waals surface area (Å²) >= 11 is 0. The molecule has 1 atom stereocenters. The smallest absolute Gasteiger partial charge is 0.152 e. The highest BCUT2D eigenvalue weighted by atomic mass is 16.1. The first-order chi connectivity index (χ1) is 7.16. The molecule has 0 saturated carbocycles. The van der Waals surface area contributed by atoms with Crippen LogP contribution in [-0.2, 0) is 4.79 Å². The molecule has 0 saturated heterocycles. The summed E-state index contributed by atoms with van der Waals surface area (Å²) in [5.74, 6) is 0.818. The zero-order chi connectivity index (χ0) is 11.5. The van der Waals surface area contributed by atoms with Crippen LogP contribution in [0.4, 0.5) is 0 Å². The molecular formula is C14H22O. The molecule has 0 aromatic carbocycles. The molecule has 0 spiro atoms. The van der Waals surface area contributed by atoms with E-state index in [0.717, 1.165) is 19.3 Å². The predicted octanol–water partition coefficient (Wildman–Crippen LogP) is 4.07. The minimum Gasteiger partial charge on any atom is -0.295 e. The maximum absolute atomic E-state index is 10.6. The molecule has 0 unspecified atom stereocenters.